The molecule has 4 saturated carbocycles. The van der Waals surface area contributed by atoms with Crippen LogP contribution in [0.4, 0.5) is 11.4 Å². The summed E-state index contributed by atoms with van der Waals surface area (Å²) < 4.78 is 37.0. The molecule has 2 aromatic rings. The van der Waals surface area contributed by atoms with E-state index < -0.39 is 15.9 Å². The van der Waals surface area contributed by atoms with E-state index in [1.54, 1.807) is 25.3 Å². The van der Waals surface area contributed by atoms with Gasteiger partial charge in [-0.2, -0.15) is 0 Å². The van der Waals surface area contributed by atoms with Crippen LogP contribution in [0.1, 0.15) is 44.1 Å². The molecule has 6 rings (SSSR count). The number of carbonyl (C=O) groups is 1. The summed E-state index contributed by atoms with van der Waals surface area (Å²) in [6.45, 7) is -0.329. The van der Waals surface area contributed by atoms with Gasteiger partial charge < -0.3 is 14.8 Å². The van der Waals surface area contributed by atoms with Gasteiger partial charge in [0.15, 0.2) is 0 Å². The molecule has 0 spiro atoms. The van der Waals surface area contributed by atoms with Crippen LogP contribution < -0.4 is 19.1 Å². The summed E-state index contributed by atoms with van der Waals surface area (Å²) in [5.74, 6) is 3.09. The van der Waals surface area contributed by atoms with Crippen LogP contribution in [0, 0.1) is 17.8 Å². The fourth-order valence-electron chi connectivity index (χ4n) is 7.07. The van der Waals surface area contributed by atoms with Gasteiger partial charge in [0.2, 0.25) is 15.9 Å². The Morgan fingerprint density at radius 1 is 0.971 bits per heavy atom. The van der Waals surface area contributed by atoms with Crippen molar-refractivity contribution in [1.29, 1.82) is 0 Å². The largest absolute Gasteiger partial charge is 0.497 e. The second kappa shape index (κ2) is 9.04. The Kier molecular flexibility index (Phi) is 6.20. The predicted octanol–water partition coefficient (Wildman–Crippen LogP) is 4.58. The van der Waals surface area contributed by atoms with Crippen LogP contribution in [0.15, 0.2) is 42.5 Å². The second-order valence-electron chi connectivity index (χ2n) is 10.6. The van der Waals surface area contributed by atoms with Crippen LogP contribution >= 0.6 is 0 Å². The molecule has 8 heteroatoms. The monoisotopic (exact) mass is 498 g/mol. The quantitative estimate of drug-likeness (QED) is 0.576. The van der Waals surface area contributed by atoms with Crippen molar-refractivity contribution in [3.05, 3.63) is 48.0 Å². The zero-order chi connectivity index (χ0) is 24.8. The molecule has 4 bridgehead atoms. The van der Waals surface area contributed by atoms with E-state index in [9.17, 15) is 13.2 Å². The average Bonchev–Trinajstić information content (AvgIpc) is 2.81. The average molecular weight is 499 g/mol. The van der Waals surface area contributed by atoms with E-state index >= 15 is 0 Å². The smallest absolute Gasteiger partial charge is 0.245 e. The van der Waals surface area contributed by atoms with Crippen LogP contribution in [0.3, 0.4) is 0 Å². The molecule has 4 fully saturated rings. The Balaban J connectivity index is 1.34. The molecule has 188 valence electrons. The predicted molar refractivity (Wildman–Crippen MR) is 137 cm³/mol. The first kappa shape index (κ1) is 24.0. The minimum absolute atomic E-state index is 0.242. The number of nitrogens with zero attached hydrogens (tertiary/aromatic N) is 1. The molecular formula is C27H34N2O5S. The summed E-state index contributed by atoms with van der Waals surface area (Å²) in [6, 6.07) is 12.9. The number of hydrogen-bond acceptors (Lipinski definition) is 5. The molecule has 0 atom stereocenters. The highest BCUT2D eigenvalue weighted by Gasteiger charge is 2.51. The van der Waals surface area contributed by atoms with Crippen LogP contribution in [0.2, 0.25) is 0 Å². The minimum atomic E-state index is -3.67. The maximum absolute atomic E-state index is 12.9. The molecule has 35 heavy (non-hydrogen) atoms. The van der Waals surface area contributed by atoms with Crippen molar-refractivity contribution in [3.63, 3.8) is 0 Å². The lowest BCUT2D eigenvalue weighted by Crippen LogP contribution is -2.48. The molecule has 2 aromatic carbocycles. The molecule has 0 heterocycles. The Labute approximate surface area is 207 Å². The van der Waals surface area contributed by atoms with Gasteiger partial charge in [-0.3, -0.25) is 9.10 Å². The highest BCUT2D eigenvalue weighted by Crippen LogP contribution is 2.60. The topological polar surface area (TPSA) is 84.9 Å². The normalized spacial score (nSPS) is 26.9. The maximum atomic E-state index is 12.9. The van der Waals surface area contributed by atoms with Crippen LogP contribution in [0.25, 0.3) is 0 Å². The van der Waals surface area contributed by atoms with Crippen molar-refractivity contribution in [1.82, 2.24) is 0 Å². The molecule has 0 unspecified atom stereocenters. The van der Waals surface area contributed by atoms with Gasteiger partial charge in [0, 0.05) is 6.07 Å². The van der Waals surface area contributed by atoms with Crippen molar-refractivity contribution in [2.75, 3.05) is 36.6 Å². The van der Waals surface area contributed by atoms with E-state index in [0.29, 0.717) is 22.9 Å². The van der Waals surface area contributed by atoms with E-state index in [1.165, 1.54) is 51.2 Å². The van der Waals surface area contributed by atoms with Gasteiger partial charge in [0.1, 0.15) is 18.0 Å². The minimum Gasteiger partial charge on any atom is -0.497 e. The first-order valence-electron chi connectivity index (χ1n) is 12.3. The SMILES string of the molecule is COc1ccc(NC(=O)CN(c2ccc(C34CC5CC(CC(C5)C3)C4)cc2)S(C)(=O)=O)c(OC)c1. The van der Waals surface area contributed by atoms with Gasteiger partial charge in [0.05, 0.1) is 31.9 Å². The highest BCUT2D eigenvalue weighted by molar-refractivity contribution is 7.92. The molecular weight excluding hydrogens is 464 g/mol. The summed E-state index contributed by atoms with van der Waals surface area (Å²) in [5.41, 5.74) is 2.51. The number of anilines is 2. The summed E-state index contributed by atoms with van der Waals surface area (Å²) in [7, 11) is -0.623. The van der Waals surface area contributed by atoms with Gasteiger partial charge in [0.25, 0.3) is 0 Å². The summed E-state index contributed by atoms with van der Waals surface area (Å²) in [6.07, 6.45) is 9.02. The molecule has 1 amide bonds. The van der Waals surface area contributed by atoms with Crippen molar-refractivity contribution in [2.45, 2.75) is 43.9 Å². The first-order valence-corrected chi connectivity index (χ1v) is 14.1. The molecule has 0 saturated heterocycles. The van der Waals surface area contributed by atoms with E-state index in [2.05, 4.69) is 17.4 Å². The van der Waals surface area contributed by atoms with Gasteiger partial charge >= 0.3 is 0 Å². The van der Waals surface area contributed by atoms with Crippen molar-refractivity contribution >= 4 is 27.3 Å². The van der Waals surface area contributed by atoms with Crippen LogP contribution in [-0.2, 0) is 20.2 Å². The van der Waals surface area contributed by atoms with E-state index in [-0.39, 0.29) is 12.0 Å². The highest BCUT2D eigenvalue weighted by atomic mass is 32.2. The van der Waals surface area contributed by atoms with Crippen molar-refractivity contribution in [3.8, 4) is 11.5 Å². The molecule has 0 aliphatic heterocycles. The number of hydrogen-bond donors (Lipinski definition) is 1. The van der Waals surface area contributed by atoms with E-state index in [0.717, 1.165) is 28.3 Å². The fourth-order valence-corrected chi connectivity index (χ4v) is 7.92. The molecule has 1 N–H and O–H groups in total. The molecule has 7 nitrogen and oxygen atoms in total. The number of nitrogens with one attached hydrogen (secondary N) is 1. The third kappa shape index (κ3) is 4.73. The zero-order valence-corrected chi connectivity index (χ0v) is 21.4. The molecule has 4 aliphatic rings. The van der Waals surface area contributed by atoms with Crippen LogP contribution in [0.5, 0.6) is 11.5 Å². The second-order valence-corrected chi connectivity index (χ2v) is 12.5. The summed E-state index contributed by atoms with van der Waals surface area (Å²) in [5, 5.41) is 2.76. The number of carbonyl (C=O) groups excluding carboxylic acids is 1. The van der Waals surface area contributed by atoms with E-state index in [4.69, 9.17) is 9.47 Å². The lowest BCUT2D eigenvalue weighted by Gasteiger charge is -2.57. The zero-order valence-electron chi connectivity index (χ0n) is 20.6. The number of sulfonamides is 1. The van der Waals surface area contributed by atoms with Gasteiger partial charge in [-0.1, -0.05) is 12.1 Å². The Hall–Kier alpha value is -2.74. The summed E-state index contributed by atoms with van der Waals surface area (Å²) >= 11 is 0. The number of methoxy groups -OCH3 is 2. The van der Waals surface area contributed by atoms with Crippen molar-refractivity contribution in [2.24, 2.45) is 17.8 Å². The first-order chi connectivity index (χ1) is 16.7. The third-order valence-electron chi connectivity index (χ3n) is 8.18. The van der Waals surface area contributed by atoms with Crippen LogP contribution in [-0.4, -0.2) is 41.3 Å². The lowest BCUT2D eigenvalue weighted by atomic mass is 9.48. The molecule has 4 aliphatic carbocycles. The number of rotatable bonds is 8. The fraction of sp³-hybridized carbons (Fsp3) is 0.519. The summed E-state index contributed by atoms with van der Waals surface area (Å²) in [4.78, 5) is 12.9. The van der Waals surface area contributed by atoms with Gasteiger partial charge in [-0.25, -0.2) is 8.42 Å². The Morgan fingerprint density at radius 2 is 1.57 bits per heavy atom. The third-order valence-corrected chi connectivity index (χ3v) is 9.32. The van der Waals surface area contributed by atoms with E-state index in [1.807, 2.05) is 12.1 Å². The maximum Gasteiger partial charge on any atom is 0.245 e. The number of amides is 1. The number of benzene rings is 2. The van der Waals surface area contributed by atoms with Gasteiger partial charge in [-0.05, 0) is 91.5 Å². The lowest BCUT2D eigenvalue weighted by molar-refractivity contribution is -0.114. The standard InChI is InChI=1S/C27H34N2O5S/c1-33-23-8-9-24(25(13-23)34-2)28-26(30)17-29(35(3,31)32)22-6-4-21(5-7-22)27-14-18-10-19(15-27)12-20(11-18)16-27/h4-9,13,18-20H,10-12,14-17H2,1-3H3,(H,28,30). The number of ether oxygens (including phenoxy) is 2. The molecule has 0 radical (unpaired) electrons. The molecule has 0 aromatic heterocycles. The van der Waals surface area contributed by atoms with Crippen molar-refractivity contribution < 1.29 is 22.7 Å². The van der Waals surface area contributed by atoms with Gasteiger partial charge in [-0.15, -0.1) is 0 Å². The Morgan fingerprint density at radius 3 is 2.09 bits per heavy atom. The Bertz CT molecular complexity index is 1170.